The Balaban J connectivity index is 3.03. The van der Waals surface area contributed by atoms with Crippen molar-refractivity contribution in [3.8, 4) is 0 Å². The molecule has 0 aliphatic rings. The van der Waals surface area contributed by atoms with Gasteiger partial charge in [-0.25, -0.2) is 0 Å². The molecule has 0 N–H and O–H groups in total. The number of aromatic nitrogens is 1. The Bertz CT molecular complexity index is 151. The summed E-state index contributed by atoms with van der Waals surface area (Å²) in [5, 5.41) is 0. The van der Waals surface area contributed by atoms with Crippen molar-refractivity contribution in [1.82, 2.24) is 4.98 Å². The van der Waals surface area contributed by atoms with Gasteiger partial charge in [0, 0.05) is 0 Å². The van der Waals surface area contributed by atoms with Gasteiger partial charge in [0.1, 0.15) is 0 Å². The van der Waals surface area contributed by atoms with Crippen molar-refractivity contribution < 1.29 is 4.39 Å². The number of hydrogen-bond acceptors (Lipinski definition) is 1. The van der Waals surface area contributed by atoms with Crippen molar-refractivity contribution in [3.63, 3.8) is 0 Å². The first kappa shape index (κ1) is 5.81. The minimum absolute atomic E-state index is 0.421. The van der Waals surface area contributed by atoms with E-state index in [0.29, 0.717) is 0 Å². The van der Waals surface area contributed by atoms with Gasteiger partial charge in [-0.1, -0.05) is 0 Å². The predicted molar refractivity (Wildman–Crippen MR) is 29.6 cm³/mol. The Labute approximate surface area is 56.1 Å². The van der Waals surface area contributed by atoms with Crippen LogP contribution in [0.25, 0.3) is 0 Å². The maximum atomic E-state index is 12.0. The molecule has 0 fully saturated rings. The summed E-state index contributed by atoms with van der Waals surface area (Å²) in [6, 6.07) is 3.03. The van der Waals surface area contributed by atoms with Gasteiger partial charge in [0.15, 0.2) is 0 Å². The van der Waals surface area contributed by atoms with Crippen LogP contribution in [0.2, 0.25) is 0 Å². The van der Waals surface area contributed by atoms with Crippen LogP contribution in [-0.4, -0.2) is 22.7 Å². The Hall–Kier alpha value is -0.323. The number of rotatable bonds is 0. The Morgan fingerprint density at radius 2 is 2.25 bits per heavy atom. The van der Waals surface area contributed by atoms with E-state index in [1.165, 1.54) is 12.3 Å². The zero-order valence-corrected chi connectivity index (χ0v) is 4.56. The molecule has 36 valence electrons. The van der Waals surface area contributed by atoms with E-state index in [-0.39, 0.29) is 0 Å². The molecule has 3 heteroatoms. The number of hydrogen-bond donors (Lipinski definition) is 0. The first-order valence-corrected chi connectivity index (χ1v) is 2.37. The van der Waals surface area contributed by atoms with Crippen molar-refractivity contribution in [2.45, 2.75) is 0 Å². The zero-order chi connectivity index (χ0) is 5.98. The molecule has 0 aromatic carbocycles. The van der Waals surface area contributed by atoms with Gasteiger partial charge in [0.05, 0.1) is 0 Å². The van der Waals surface area contributed by atoms with Crippen LogP contribution < -0.4 is 4.24 Å². The summed E-state index contributed by atoms with van der Waals surface area (Å²) in [6.45, 7) is 0. The zero-order valence-electron chi connectivity index (χ0n) is 4.56. The molecular weight excluding hydrogens is 100 g/mol. The number of pyridine rings is 1. The average Bonchev–Trinajstić information content (AvgIpc) is 1.77. The maximum absolute atomic E-state index is 12.0. The van der Waals surface area contributed by atoms with E-state index in [0.717, 1.165) is 4.24 Å². The van der Waals surface area contributed by atoms with Crippen molar-refractivity contribution >= 4 is 22.0 Å². The first-order valence-electron chi connectivity index (χ1n) is 2.37. The topological polar surface area (TPSA) is 12.9 Å². The van der Waals surface area contributed by atoms with Crippen molar-refractivity contribution in [2.24, 2.45) is 0 Å². The Kier molecular flexibility index (Phi) is 1.67. The van der Waals surface area contributed by atoms with Crippen LogP contribution in [0.4, 0.5) is 4.39 Å². The third kappa shape index (κ3) is 1.33. The summed E-state index contributed by atoms with van der Waals surface area (Å²) < 4.78 is 13.0. The van der Waals surface area contributed by atoms with E-state index < -0.39 is 5.95 Å². The van der Waals surface area contributed by atoms with E-state index >= 15 is 0 Å². The summed E-state index contributed by atoms with van der Waals surface area (Å²) in [5.41, 5.74) is 0. The molecule has 0 bridgehead atoms. The molecule has 0 aliphatic carbocycles. The van der Waals surface area contributed by atoms with Crippen LogP contribution in [0, 0.1) is 5.95 Å². The third-order valence-electron chi connectivity index (χ3n) is 0.875. The second-order valence-corrected chi connectivity index (χ2v) is 1.66. The Morgan fingerprint density at radius 3 is 2.62 bits per heavy atom. The van der Waals surface area contributed by atoms with Gasteiger partial charge in [-0.05, 0) is 0 Å². The second-order valence-electron chi connectivity index (χ2n) is 1.66. The van der Waals surface area contributed by atoms with Gasteiger partial charge >= 0.3 is 55.6 Å². The number of nitrogens with zero attached hydrogens (tertiary/aromatic N) is 1. The van der Waals surface area contributed by atoms with E-state index in [1.807, 2.05) is 17.7 Å². The van der Waals surface area contributed by atoms with Gasteiger partial charge < -0.3 is 0 Å². The quantitative estimate of drug-likeness (QED) is 0.333. The summed E-state index contributed by atoms with van der Waals surface area (Å²) in [7, 11) is 0. The Morgan fingerprint density at radius 1 is 1.50 bits per heavy atom. The minimum atomic E-state index is -0.421. The van der Waals surface area contributed by atoms with Gasteiger partial charge in [0.2, 0.25) is 0 Å². The summed E-state index contributed by atoms with van der Waals surface area (Å²) in [6.07, 6.45) is 1.50. The molecule has 0 saturated carbocycles. The molecule has 0 unspecified atom stereocenters. The third-order valence-corrected chi connectivity index (χ3v) is 0.875. The molecule has 8 heavy (non-hydrogen) atoms. The molecular formula is C5H3FLiN. The fraction of sp³-hybridized carbons (Fsp3) is 0. The summed E-state index contributed by atoms with van der Waals surface area (Å²) in [5.74, 6) is -0.421. The summed E-state index contributed by atoms with van der Waals surface area (Å²) >= 11 is 1.87. The molecule has 1 aromatic heterocycles. The van der Waals surface area contributed by atoms with Crippen molar-refractivity contribution in [1.29, 1.82) is 0 Å². The fourth-order valence-electron chi connectivity index (χ4n) is 0.450. The molecule has 0 saturated heterocycles. The van der Waals surface area contributed by atoms with E-state index in [4.69, 9.17) is 0 Å². The second kappa shape index (κ2) is 2.30. The van der Waals surface area contributed by atoms with Gasteiger partial charge in [-0.15, -0.1) is 0 Å². The first-order chi connectivity index (χ1) is 3.79. The van der Waals surface area contributed by atoms with Crippen LogP contribution in [-0.2, 0) is 0 Å². The van der Waals surface area contributed by atoms with Gasteiger partial charge in [-0.2, -0.15) is 0 Å². The van der Waals surface area contributed by atoms with Gasteiger partial charge in [0.25, 0.3) is 0 Å². The van der Waals surface area contributed by atoms with Crippen LogP contribution in [0.1, 0.15) is 0 Å². The fourth-order valence-corrected chi connectivity index (χ4v) is 0.450. The average molecular weight is 103 g/mol. The predicted octanol–water partition coefficient (Wildman–Crippen LogP) is 0.0145. The molecule has 0 atom stereocenters. The summed E-state index contributed by atoms with van der Waals surface area (Å²) in [4.78, 5) is 3.41. The van der Waals surface area contributed by atoms with Crippen molar-refractivity contribution in [3.05, 3.63) is 24.3 Å². The molecule has 0 aliphatic heterocycles. The molecule has 1 rings (SSSR count). The molecule has 0 spiro atoms. The standard InChI is InChI=1S/C5H3FN.Li/c6-5-3-1-2-4-7-5;/h1,3-4H;. The molecule has 0 amide bonds. The SMILES string of the molecule is [Li][c]1ccc(F)nc1. The monoisotopic (exact) mass is 103 g/mol. The normalized spacial score (nSPS) is 9.38. The van der Waals surface area contributed by atoms with Crippen LogP contribution in [0.3, 0.4) is 0 Å². The van der Waals surface area contributed by atoms with E-state index in [1.54, 1.807) is 6.07 Å². The molecule has 0 radical (unpaired) electrons. The van der Waals surface area contributed by atoms with E-state index in [9.17, 15) is 4.39 Å². The van der Waals surface area contributed by atoms with Crippen LogP contribution in [0.5, 0.6) is 0 Å². The van der Waals surface area contributed by atoms with Crippen LogP contribution in [0.15, 0.2) is 18.3 Å². The molecule has 1 heterocycles. The van der Waals surface area contributed by atoms with E-state index in [2.05, 4.69) is 4.98 Å². The molecule has 1 aromatic rings. The van der Waals surface area contributed by atoms with Crippen LogP contribution >= 0.6 is 0 Å². The number of halogens is 1. The van der Waals surface area contributed by atoms with Gasteiger partial charge in [-0.3, -0.25) is 0 Å². The molecule has 1 nitrogen and oxygen atoms in total. The van der Waals surface area contributed by atoms with Crippen molar-refractivity contribution in [2.75, 3.05) is 0 Å².